The number of carbonyl (C=O) groups excluding carboxylic acids is 1. The number of Topliss-reactive ketones (excluding diaryl/α,β-unsaturated/α-hetero) is 1. The molecule has 1 unspecified atom stereocenters. The van der Waals surface area contributed by atoms with E-state index in [1.807, 2.05) is 0 Å². The van der Waals surface area contributed by atoms with Crippen molar-refractivity contribution in [2.24, 2.45) is 22.7 Å². The topological polar surface area (TPSA) is 20.3 Å². The van der Waals surface area contributed by atoms with E-state index in [-0.39, 0.29) is 5.41 Å². The van der Waals surface area contributed by atoms with Crippen LogP contribution in [-0.2, 0) is 4.79 Å². The Kier molecular flexibility index (Phi) is 4.63. The van der Waals surface area contributed by atoms with Crippen LogP contribution in [0.1, 0.15) is 66.7 Å². The first kappa shape index (κ1) is 16.0. The van der Waals surface area contributed by atoms with Crippen molar-refractivity contribution in [3.63, 3.8) is 0 Å². The Morgan fingerprint density at radius 1 is 1.15 bits per heavy atom. The molecule has 0 amide bonds. The molecule has 0 aromatic rings. The molecule has 1 saturated carbocycles. The van der Waals surface area contributed by atoms with Gasteiger partial charge in [-0.05, 0) is 50.1 Å². The minimum atomic E-state index is -0.0767. The van der Waals surface area contributed by atoms with Crippen molar-refractivity contribution >= 4 is 5.78 Å². The zero-order chi connectivity index (χ0) is 15.0. The van der Waals surface area contributed by atoms with Crippen LogP contribution < -0.4 is 0 Å². The highest BCUT2D eigenvalue weighted by molar-refractivity contribution is 5.87. The number of ketones is 1. The Bertz CT molecular complexity index is 345. The summed E-state index contributed by atoms with van der Waals surface area (Å²) in [6.07, 6.45) is 6.01. The lowest BCUT2D eigenvalue weighted by atomic mass is 9.70. The number of rotatable bonds is 2. The van der Waals surface area contributed by atoms with Gasteiger partial charge in [0.15, 0.2) is 0 Å². The number of hydrogen-bond acceptors (Lipinski definition) is 2. The molecule has 0 aromatic heterocycles. The monoisotopic (exact) mass is 279 g/mol. The number of piperidine rings is 1. The van der Waals surface area contributed by atoms with Gasteiger partial charge in [-0.2, -0.15) is 0 Å². The van der Waals surface area contributed by atoms with Gasteiger partial charge in [0.25, 0.3) is 0 Å². The molecule has 0 bridgehead atoms. The molecule has 116 valence electrons. The van der Waals surface area contributed by atoms with Crippen LogP contribution in [0.3, 0.4) is 0 Å². The van der Waals surface area contributed by atoms with Crippen LogP contribution in [0.25, 0.3) is 0 Å². The van der Waals surface area contributed by atoms with Crippen LogP contribution >= 0.6 is 0 Å². The van der Waals surface area contributed by atoms with Crippen LogP contribution in [0.4, 0.5) is 0 Å². The largest absolute Gasteiger partial charge is 0.303 e. The summed E-state index contributed by atoms with van der Waals surface area (Å²) in [5, 5.41) is 0. The van der Waals surface area contributed by atoms with Gasteiger partial charge in [0.1, 0.15) is 5.78 Å². The second-order valence-electron chi connectivity index (χ2n) is 8.78. The highest BCUT2D eigenvalue weighted by atomic mass is 16.1. The van der Waals surface area contributed by atoms with Crippen LogP contribution in [0.15, 0.2) is 0 Å². The van der Waals surface area contributed by atoms with Gasteiger partial charge in [0.2, 0.25) is 0 Å². The first-order valence-corrected chi connectivity index (χ1v) is 8.47. The van der Waals surface area contributed by atoms with Crippen molar-refractivity contribution in [2.45, 2.75) is 66.7 Å². The van der Waals surface area contributed by atoms with E-state index in [0.29, 0.717) is 17.1 Å². The van der Waals surface area contributed by atoms with E-state index < -0.39 is 0 Å². The van der Waals surface area contributed by atoms with E-state index >= 15 is 0 Å². The number of carbonyl (C=O) groups is 1. The third-order valence-corrected chi connectivity index (χ3v) is 5.68. The van der Waals surface area contributed by atoms with Crippen LogP contribution in [0.5, 0.6) is 0 Å². The number of nitrogens with zero attached hydrogens (tertiary/aromatic N) is 1. The van der Waals surface area contributed by atoms with Gasteiger partial charge in [-0.15, -0.1) is 0 Å². The molecule has 2 nitrogen and oxygen atoms in total. The maximum absolute atomic E-state index is 12.5. The van der Waals surface area contributed by atoms with E-state index in [9.17, 15) is 4.79 Å². The third-order valence-electron chi connectivity index (χ3n) is 5.68. The quantitative estimate of drug-likeness (QED) is 0.757. The Morgan fingerprint density at radius 2 is 1.75 bits per heavy atom. The maximum atomic E-state index is 12.5. The molecule has 2 aliphatic rings. The molecule has 1 heterocycles. The highest BCUT2D eigenvalue weighted by Crippen LogP contribution is 2.37. The Labute approximate surface area is 125 Å². The molecule has 0 spiro atoms. The second-order valence-corrected chi connectivity index (χ2v) is 8.78. The zero-order valence-electron chi connectivity index (χ0n) is 14.2. The first-order chi connectivity index (χ1) is 9.20. The molecule has 0 radical (unpaired) electrons. The van der Waals surface area contributed by atoms with Gasteiger partial charge < -0.3 is 4.90 Å². The lowest BCUT2D eigenvalue weighted by Gasteiger charge is -2.41. The molecule has 2 heteroatoms. The average Bonchev–Trinajstić information content (AvgIpc) is 2.34. The predicted molar refractivity (Wildman–Crippen MR) is 84.7 cm³/mol. The summed E-state index contributed by atoms with van der Waals surface area (Å²) in [5.41, 5.74) is 0.362. The summed E-state index contributed by atoms with van der Waals surface area (Å²) in [6.45, 7) is 14.7. The van der Waals surface area contributed by atoms with Crippen LogP contribution in [-0.4, -0.2) is 30.3 Å². The van der Waals surface area contributed by atoms with Crippen LogP contribution in [0.2, 0.25) is 0 Å². The minimum Gasteiger partial charge on any atom is -0.303 e. The standard InChI is InChI=1S/C18H33NO/c1-17(2,3)15-8-11-19(12-9-15)13-14-7-6-10-18(4,5)16(14)20/h14-15H,6-13H2,1-5H3. The summed E-state index contributed by atoms with van der Waals surface area (Å²) in [6, 6.07) is 0. The fourth-order valence-electron chi connectivity index (χ4n) is 4.06. The molecular weight excluding hydrogens is 246 g/mol. The van der Waals surface area contributed by atoms with E-state index in [1.165, 1.54) is 32.4 Å². The average molecular weight is 279 g/mol. The number of hydrogen-bond donors (Lipinski definition) is 0. The Morgan fingerprint density at radius 3 is 2.30 bits per heavy atom. The molecular formula is C18H33NO. The summed E-state index contributed by atoms with van der Waals surface area (Å²) in [5.74, 6) is 1.66. The molecule has 2 fully saturated rings. The van der Waals surface area contributed by atoms with Gasteiger partial charge in [0, 0.05) is 17.9 Å². The minimum absolute atomic E-state index is 0.0767. The SMILES string of the molecule is CC1(C)CCCC(CN2CCC(C(C)(C)C)CC2)C1=O. The van der Waals surface area contributed by atoms with Gasteiger partial charge in [-0.3, -0.25) is 4.79 Å². The van der Waals surface area contributed by atoms with Crippen molar-refractivity contribution in [3.8, 4) is 0 Å². The van der Waals surface area contributed by atoms with Gasteiger partial charge in [-0.25, -0.2) is 0 Å². The predicted octanol–water partition coefficient (Wildman–Crippen LogP) is 4.14. The maximum Gasteiger partial charge on any atom is 0.142 e. The molecule has 0 N–H and O–H groups in total. The summed E-state index contributed by atoms with van der Waals surface area (Å²) >= 11 is 0. The lowest BCUT2D eigenvalue weighted by molar-refractivity contribution is -0.135. The molecule has 1 aliphatic carbocycles. The van der Waals surface area contributed by atoms with Gasteiger partial charge >= 0.3 is 0 Å². The first-order valence-electron chi connectivity index (χ1n) is 8.47. The van der Waals surface area contributed by atoms with E-state index in [0.717, 1.165) is 25.3 Å². The van der Waals surface area contributed by atoms with E-state index in [4.69, 9.17) is 0 Å². The zero-order valence-corrected chi connectivity index (χ0v) is 14.2. The smallest absolute Gasteiger partial charge is 0.142 e. The molecule has 0 aromatic carbocycles. The van der Waals surface area contributed by atoms with E-state index in [1.54, 1.807) is 0 Å². The molecule has 2 rings (SSSR count). The lowest BCUT2D eigenvalue weighted by Crippen LogP contribution is -2.45. The fourth-order valence-corrected chi connectivity index (χ4v) is 4.06. The Balaban J connectivity index is 1.85. The molecule has 1 atom stereocenters. The molecule has 1 saturated heterocycles. The molecule has 1 aliphatic heterocycles. The molecule has 20 heavy (non-hydrogen) atoms. The third kappa shape index (κ3) is 3.63. The van der Waals surface area contributed by atoms with Crippen LogP contribution in [0, 0.1) is 22.7 Å². The fraction of sp³-hybridized carbons (Fsp3) is 0.944. The van der Waals surface area contributed by atoms with Gasteiger partial charge in [0.05, 0.1) is 0 Å². The van der Waals surface area contributed by atoms with Crippen molar-refractivity contribution in [1.29, 1.82) is 0 Å². The Hall–Kier alpha value is -0.370. The van der Waals surface area contributed by atoms with Gasteiger partial charge in [-0.1, -0.05) is 41.0 Å². The highest BCUT2D eigenvalue weighted by Gasteiger charge is 2.38. The summed E-state index contributed by atoms with van der Waals surface area (Å²) in [7, 11) is 0. The summed E-state index contributed by atoms with van der Waals surface area (Å²) in [4.78, 5) is 15.1. The van der Waals surface area contributed by atoms with Crippen molar-refractivity contribution in [3.05, 3.63) is 0 Å². The number of likely N-dealkylation sites (tertiary alicyclic amines) is 1. The van der Waals surface area contributed by atoms with Crippen molar-refractivity contribution in [2.75, 3.05) is 19.6 Å². The normalized spacial score (nSPS) is 29.6. The second kappa shape index (κ2) is 5.79. The summed E-state index contributed by atoms with van der Waals surface area (Å²) < 4.78 is 0. The van der Waals surface area contributed by atoms with Crippen molar-refractivity contribution < 1.29 is 4.79 Å². The van der Waals surface area contributed by atoms with E-state index in [2.05, 4.69) is 39.5 Å². The van der Waals surface area contributed by atoms with Crippen molar-refractivity contribution in [1.82, 2.24) is 4.90 Å².